The third-order valence-electron chi connectivity index (χ3n) is 10.3. The van der Waals surface area contributed by atoms with Crippen molar-refractivity contribution in [3.05, 3.63) is 187 Å². The highest BCUT2D eigenvalue weighted by Gasteiger charge is 2.18. The molecule has 1 aliphatic rings. The van der Waals surface area contributed by atoms with Gasteiger partial charge in [0.15, 0.2) is 17.5 Å². The summed E-state index contributed by atoms with van der Waals surface area (Å²) >= 11 is 0. The average molecular weight is 676 g/mol. The Hall–Kier alpha value is -6.97. The van der Waals surface area contributed by atoms with Gasteiger partial charge in [-0.3, -0.25) is 0 Å². The zero-order valence-corrected chi connectivity index (χ0v) is 28.9. The Morgan fingerprint density at radius 1 is 0.340 bits per heavy atom. The van der Waals surface area contributed by atoms with Crippen molar-refractivity contribution in [1.29, 1.82) is 0 Å². The monoisotopic (exact) mass is 675 g/mol. The van der Waals surface area contributed by atoms with Gasteiger partial charge in [0.25, 0.3) is 0 Å². The molecule has 0 radical (unpaired) electrons. The number of rotatable bonds is 5. The third kappa shape index (κ3) is 5.51. The van der Waals surface area contributed by atoms with Crippen molar-refractivity contribution >= 4 is 44.5 Å². The standard InChI is InChI=1S/C50H33N3/c1-4-16-34(17-5-1)48-51-49(35-18-6-2-7-19-35)53-50(52-48)38-21-14-20-37(31-38)47-39-22-11-10-15-33(39)27-29-40(47)36-28-30-45-43-26-13-12-25-41(43)42-23-8-3-9-24-44(42)46(45)32-36/h1-2,4-32H,3H2. The van der Waals surface area contributed by atoms with Crippen LogP contribution in [0.3, 0.4) is 0 Å². The Morgan fingerprint density at radius 2 is 0.887 bits per heavy atom. The van der Waals surface area contributed by atoms with Crippen molar-refractivity contribution in [3.8, 4) is 56.4 Å². The van der Waals surface area contributed by atoms with Crippen molar-refractivity contribution in [2.45, 2.75) is 6.42 Å². The van der Waals surface area contributed by atoms with Gasteiger partial charge in [-0.25, -0.2) is 15.0 Å². The number of hydrogen-bond acceptors (Lipinski definition) is 3. The van der Waals surface area contributed by atoms with Gasteiger partial charge in [-0.05, 0) is 84.3 Å². The molecule has 0 unspecified atom stereocenters. The van der Waals surface area contributed by atoms with Crippen LogP contribution in [-0.4, -0.2) is 15.0 Å². The number of hydrogen-bond donors (Lipinski definition) is 0. The second-order valence-corrected chi connectivity index (χ2v) is 13.5. The molecular weight excluding hydrogens is 643 g/mol. The van der Waals surface area contributed by atoms with Crippen LogP contribution in [0.25, 0.3) is 101 Å². The molecule has 1 heterocycles. The minimum absolute atomic E-state index is 0.640. The first-order chi connectivity index (χ1) is 26.3. The van der Waals surface area contributed by atoms with Crippen LogP contribution < -0.4 is 0 Å². The molecule has 0 bridgehead atoms. The first kappa shape index (κ1) is 30.8. The lowest BCUT2D eigenvalue weighted by molar-refractivity contribution is 1.07. The van der Waals surface area contributed by atoms with Gasteiger partial charge in [0.1, 0.15) is 0 Å². The third-order valence-corrected chi connectivity index (χ3v) is 10.3. The molecule has 0 atom stereocenters. The van der Waals surface area contributed by atoms with Gasteiger partial charge in [-0.15, -0.1) is 0 Å². The van der Waals surface area contributed by atoms with Gasteiger partial charge < -0.3 is 0 Å². The summed E-state index contributed by atoms with van der Waals surface area (Å²) in [6, 6.07) is 57.9. The lowest BCUT2D eigenvalue weighted by atomic mass is 9.86. The fraction of sp³-hybridized carbons (Fsp3) is 0.0200. The highest BCUT2D eigenvalue weighted by atomic mass is 15.0. The molecule has 0 saturated heterocycles. The highest BCUT2D eigenvalue weighted by Crippen LogP contribution is 2.43. The molecule has 0 amide bonds. The Morgan fingerprint density at radius 3 is 1.60 bits per heavy atom. The van der Waals surface area contributed by atoms with Crippen molar-refractivity contribution < 1.29 is 0 Å². The van der Waals surface area contributed by atoms with E-state index in [1.165, 1.54) is 60.1 Å². The Labute approximate surface area is 308 Å². The highest BCUT2D eigenvalue weighted by molar-refractivity contribution is 6.16. The molecular formula is C50H33N3. The summed E-state index contributed by atoms with van der Waals surface area (Å²) in [7, 11) is 0. The van der Waals surface area contributed by atoms with E-state index in [1.807, 2.05) is 60.7 Å². The molecule has 53 heavy (non-hydrogen) atoms. The molecule has 10 rings (SSSR count). The van der Waals surface area contributed by atoms with Gasteiger partial charge in [0.05, 0.1) is 0 Å². The topological polar surface area (TPSA) is 38.7 Å². The average Bonchev–Trinajstić information content (AvgIpc) is 3.51. The van der Waals surface area contributed by atoms with Crippen molar-refractivity contribution in [1.82, 2.24) is 15.0 Å². The lowest BCUT2D eigenvalue weighted by Crippen LogP contribution is -2.00. The smallest absolute Gasteiger partial charge is 0.164 e. The summed E-state index contributed by atoms with van der Waals surface area (Å²) in [5.41, 5.74) is 10.1. The summed E-state index contributed by atoms with van der Waals surface area (Å²) in [4.78, 5) is 15.0. The number of aromatic nitrogens is 3. The predicted octanol–water partition coefficient (Wildman–Crippen LogP) is 13.1. The van der Waals surface area contributed by atoms with E-state index in [0.29, 0.717) is 17.5 Å². The zero-order chi connectivity index (χ0) is 35.1. The number of allylic oxidation sites excluding steroid dienone is 2. The second kappa shape index (κ2) is 13.0. The normalized spacial score (nSPS) is 12.3. The number of fused-ring (bicyclic) bond motifs is 7. The van der Waals surface area contributed by atoms with Crippen LogP contribution >= 0.6 is 0 Å². The maximum atomic E-state index is 5.05. The minimum Gasteiger partial charge on any atom is -0.208 e. The second-order valence-electron chi connectivity index (χ2n) is 13.5. The molecule has 0 spiro atoms. The van der Waals surface area contributed by atoms with Crippen LogP contribution in [0.1, 0.15) is 17.5 Å². The van der Waals surface area contributed by atoms with Gasteiger partial charge in [-0.1, -0.05) is 176 Å². The first-order valence-corrected chi connectivity index (χ1v) is 18.1. The maximum Gasteiger partial charge on any atom is 0.164 e. The molecule has 0 fully saturated rings. The van der Waals surface area contributed by atoms with Crippen LogP contribution in [0.2, 0.25) is 0 Å². The van der Waals surface area contributed by atoms with E-state index in [0.717, 1.165) is 28.7 Å². The first-order valence-electron chi connectivity index (χ1n) is 18.1. The minimum atomic E-state index is 0.640. The van der Waals surface area contributed by atoms with E-state index in [4.69, 9.17) is 15.0 Å². The van der Waals surface area contributed by atoms with Gasteiger partial charge >= 0.3 is 0 Å². The molecule has 0 aliphatic heterocycles. The molecule has 0 N–H and O–H groups in total. The summed E-state index contributed by atoms with van der Waals surface area (Å²) in [6.45, 7) is 0. The van der Waals surface area contributed by atoms with Crippen LogP contribution in [0.5, 0.6) is 0 Å². The SMILES string of the molecule is C1=Cc2c(c3cc(-c4ccc5ccccc5c4-c4cccc(-c5nc(-c6ccccc6)nc(-c6ccccc6)n5)c4)ccc3c3ccccc23)C=CC1. The lowest BCUT2D eigenvalue weighted by Gasteiger charge is -2.17. The molecule has 0 saturated carbocycles. The molecule has 3 heteroatoms. The largest absolute Gasteiger partial charge is 0.208 e. The summed E-state index contributed by atoms with van der Waals surface area (Å²) in [5.74, 6) is 1.94. The maximum absolute atomic E-state index is 5.05. The Kier molecular flexibility index (Phi) is 7.54. The predicted molar refractivity (Wildman–Crippen MR) is 222 cm³/mol. The van der Waals surface area contributed by atoms with Crippen molar-refractivity contribution in [2.75, 3.05) is 0 Å². The van der Waals surface area contributed by atoms with Gasteiger partial charge in [-0.2, -0.15) is 0 Å². The van der Waals surface area contributed by atoms with E-state index in [9.17, 15) is 0 Å². The van der Waals surface area contributed by atoms with E-state index in [1.54, 1.807) is 0 Å². The molecule has 248 valence electrons. The van der Waals surface area contributed by atoms with E-state index >= 15 is 0 Å². The summed E-state index contributed by atoms with van der Waals surface area (Å²) in [6.07, 6.45) is 10.1. The van der Waals surface area contributed by atoms with Crippen LogP contribution in [-0.2, 0) is 0 Å². The van der Waals surface area contributed by atoms with Crippen LogP contribution in [0, 0.1) is 0 Å². The van der Waals surface area contributed by atoms with E-state index in [2.05, 4.69) is 127 Å². The van der Waals surface area contributed by atoms with Crippen molar-refractivity contribution in [3.63, 3.8) is 0 Å². The van der Waals surface area contributed by atoms with Gasteiger partial charge in [0.2, 0.25) is 0 Å². The molecule has 8 aromatic carbocycles. The molecule has 1 aromatic heterocycles. The number of nitrogens with zero attached hydrogens (tertiary/aromatic N) is 3. The van der Waals surface area contributed by atoms with Crippen LogP contribution in [0.4, 0.5) is 0 Å². The molecule has 3 nitrogen and oxygen atoms in total. The van der Waals surface area contributed by atoms with E-state index < -0.39 is 0 Å². The number of benzene rings is 8. The quantitative estimate of drug-likeness (QED) is 0.170. The van der Waals surface area contributed by atoms with Gasteiger partial charge in [0, 0.05) is 16.7 Å². The summed E-state index contributed by atoms with van der Waals surface area (Å²) in [5, 5.41) is 7.50. The molecule has 9 aromatic rings. The van der Waals surface area contributed by atoms with Crippen LogP contribution in [0.15, 0.2) is 176 Å². The Balaban J connectivity index is 1.18. The fourth-order valence-electron chi connectivity index (χ4n) is 7.80. The Bertz CT molecular complexity index is 2850. The summed E-state index contributed by atoms with van der Waals surface area (Å²) < 4.78 is 0. The van der Waals surface area contributed by atoms with E-state index in [-0.39, 0.29) is 0 Å². The molecule has 1 aliphatic carbocycles. The van der Waals surface area contributed by atoms with Crippen molar-refractivity contribution in [2.24, 2.45) is 0 Å². The zero-order valence-electron chi connectivity index (χ0n) is 28.9. The fourth-order valence-corrected chi connectivity index (χ4v) is 7.80.